The van der Waals surface area contributed by atoms with E-state index >= 15 is 0 Å². The molecule has 1 aliphatic heterocycles. The molecular formula is C40H76O5S2. The highest BCUT2D eigenvalue weighted by Crippen LogP contribution is 2.23. The van der Waals surface area contributed by atoms with E-state index in [9.17, 15) is 10.2 Å². The molecule has 4 atom stereocenters. The molecule has 0 bridgehead atoms. The van der Waals surface area contributed by atoms with Gasteiger partial charge in [0.25, 0.3) is 0 Å². The van der Waals surface area contributed by atoms with Gasteiger partial charge in [0, 0.05) is 12.8 Å². The minimum atomic E-state index is -0.935. The Morgan fingerprint density at radius 1 is 0.574 bits per heavy atom. The van der Waals surface area contributed by atoms with Crippen LogP contribution in [-0.2, 0) is 14.2 Å². The molecule has 1 aliphatic rings. The van der Waals surface area contributed by atoms with Crippen LogP contribution in [0.25, 0.3) is 0 Å². The van der Waals surface area contributed by atoms with Gasteiger partial charge in [0.1, 0.15) is 24.9 Å². The highest BCUT2D eigenvalue weighted by atomic mass is 32.1. The van der Waals surface area contributed by atoms with Crippen molar-refractivity contribution in [2.24, 2.45) is 0 Å². The van der Waals surface area contributed by atoms with E-state index in [2.05, 4.69) is 13.8 Å². The van der Waals surface area contributed by atoms with E-state index in [1.54, 1.807) is 0 Å². The second kappa shape index (κ2) is 32.8. The third-order valence-corrected chi connectivity index (χ3v) is 10.3. The summed E-state index contributed by atoms with van der Waals surface area (Å²) in [5, 5.41) is 22.2. The molecule has 0 saturated carbocycles. The highest BCUT2D eigenvalue weighted by Gasteiger charge is 2.43. The van der Waals surface area contributed by atoms with Gasteiger partial charge in [-0.1, -0.05) is 181 Å². The van der Waals surface area contributed by atoms with Crippen molar-refractivity contribution in [2.75, 3.05) is 13.2 Å². The number of unbranched alkanes of at least 4 members (excludes halogenated alkanes) is 26. The van der Waals surface area contributed by atoms with Crippen LogP contribution >= 0.6 is 24.4 Å². The lowest BCUT2D eigenvalue weighted by Crippen LogP contribution is -2.43. The zero-order valence-corrected chi connectivity index (χ0v) is 32.5. The Morgan fingerprint density at radius 3 is 1.30 bits per heavy atom. The summed E-state index contributed by atoms with van der Waals surface area (Å²) in [5.41, 5.74) is 0. The molecule has 0 aromatic carbocycles. The van der Waals surface area contributed by atoms with Crippen molar-refractivity contribution in [3.05, 3.63) is 0 Å². The van der Waals surface area contributed by atoms with Crippen LogP contribution in [0.3, 0.4) is 0 Å². The smallest absolute Gasteiger partial charge is 0.160 e. The van der Waals surface area contributed by atoms with Gasteiger partial charge in [0.15, 0.2) is 16.2 Å². The molecule has 0 aromatic heterocycles. The number of ether oxygens (including phenoxy) is 3. The summed E-state index contributed by atoms with van der Waals surface area (Å²) in [6.07, 6.45) is 35.3. The normalized spacial score (nSPS) is 18.4. The van der Waals surface area contributed by atoms with Gasteiger partial charge < -0.3 is 24.4 Å². The largest absolute Gasteiger partial charge is 0.484 e. The fraction of sp³-hybridized carbons (Fsp3) is 0.950. The number of hydrogen-bond acceptors (Lipinski definition) is 7. The number of rotatable bonds is 34. The molecule has 0 amide bonds. The lowest BCUT2D eigenvalue weighted by molar-refractivity contribution is -0.0620. The van der Waals surface area contributed by atoms with Gasteiger partial charge in [0.05, 0.1) is 6.61 Å². The summed E-state index contributed by atoms with van der Waals surface area (Å²) in [5.74, 6) is 0. The van der Waals surface area contributed by atoms with E-state index in [-0.39, 0.29) is 13.2 Å². The molecule has 2 N–H and O–H groups in total. The average molecular weight is 701 g/mol. The van der Waals surface area contributed by atoms with Gasteiger partial charge in [-0.15, -0.1) is 0 Å². The van der Waals surface area contributed by atoms with Crippen molar-refractivity contribution < 1.29 is 24.4 Å². The molecular weight excluding hydrogens is 625 g/mol. The minimum Gasteiger partial charge on any atom is -0.484 e. The molecule has 1 rings (SSSR count). The molecule has 1 heterocycles. The van der Waals surface area contributed by atoms with Crippen LogP contribution in [0.5, 0.6) is 0 Å². The van der Waals surface area contributed by atoms with E-state index in [4.69, 9.17) is 38.6 Å². The second-order valence-corrected chi connectivity index (χ2v) is 15.2. The maximum Gasteiger partial charge on any atom is 0.160 e. The van der Waals surface area contributed by atoms with E-state index in [0.29, 0.717) is 16.5 Å². The van der Waals surface area contributed by atoms with Gasteiger partial charge in [0.2, 0.25) is 0 Å². The fourth-order valence-electron chi connectivity index (χ4n) is 6.58. The standard InChI is InChI=1S/C40H76O5S2/c1-3-5-7-9-11-13-15-17-19-21-23-25-27-29-31-37(46)43-33-35(41)39-40(36(42)34-44-39)45-38(47)32-30-28-26-24-22-20-18-16-14-12-10-8-6-4-2/h35-36,39-42H,3-34H2,1-2H3/t35-,36+,39-,40-/m0/s1. The monoisotopic (exact) mass is 701 g/mol. The summed E-state index contributed by atoms with van der Waals surface area (Å²) in [4.78, 5) is 0. The van der Waals surface area contributed by atoms with Crippen LogP contribution < -0.4 is 0 Å². The van der Waals surface area contributed by atoms with Gasteiger partial charge in [-0.2, -0.15) is 0 Å². The van der Waals surface area contributed by atoms with Crippen LogP contribution in [0.2, 0.25) is 0 Å². The third-order valence-electron chi connectivity index (χ3n) is 9.69. The van der Waals surface area contributed by atoms with Gasteiger partial charge in [-0.05, 0) is 37.3 Å². The maximum atomic E-state index is 10.8. The van der Waals surface area contributed by atoms with E-state index in [1.165, 1.54) is 154 Å². The Bertz CT molecular complexity index is 721. The van der Waals surface area contributed by atoms with Crippen molar-refractivity contribution in [3.8, 4) is 0 Å². The van der Waals surface area contributed by atoms with E-state index in [1.807, 2.05) is 0 Å². The fourth-order valence-corrected chi connectivity index (χ4v) is 7.05. The van der Waals surface area contributed by atoms with Crippen molar-refractivity contribution in [2.45, 2.75) is 231 Å². The third kappa shape index (κ3) is 26.2. The molecule has 0 spiro atoms. The number of aliphatic hydroxyl groups excluding tert-OH is 2. The van der Waals surface area contributed by atoms with Crippen molar-refractivity contribution in [1.29, 1.82) is 0 Å². The predicted octanol–water partition coefficient (Wildman–Crippen LogP) is 11.9. The van der Waals surface area contributed by atoms with Crippen LogP contribution in [0, 0.1) is 0 Å². The first-order chi connectivity index (χ1) is 23.0. The van der Waals surface area contributed by atoms with Crippen LogP contribution in [0.15, 0.2) is 0 Å². The highest BCUT2D eigenvalue weighted by molar-refractivity contribution is 7.80. The quantitative estimate of drug-likeness (QED) is 0.0511. The Kier molecular flexibility index (Phi) is 31.2. The Balaban J connectivity index is 2.03. The lowest BCUT2D eigenvalue weighted by Gasteiger charge is -2.26. The van der Waals surface area contributed by atoms with Gasteiger partial charge in [-0.3, -0.25) is 0 Å². The van der Waals surface area contributed by atoms with Gasteiger partial charge in [-0.25, -0.2) is 0 Å². The Morgan fingerprint density at radius 2 is 0.915 bits per heavy atom. The molecule has 0 unspecified atom stereocenters. The van der Waals surface area contributed by atoms with Crippen LogP contribution in [-0.4, -0.2) is 57.9 Å². The van der Waals surface area contributed by atoms with Crippen molar-refractivity contribution in [3.63, 3.8) is 0 Å². The predicted molar refractivity (Wildman–Crippen MR) is 208 cm³/mol. The van der Waals surface area contributed by atoms with Gasteiger partial charge >= 0.3 is 0 Å². The molecule has 1 fully saturated rings. The number of thiocarbonyl (C=S) groups is 2. The molecule has 0 aliphatic carbocycles. The second-order valence-electron chi connectivity index (χ2n) is 14.3. The van der Waals surface area contributed by atoms with Crippen LogP contribution in [0.1, 0.15) is 206 Å². The van der Waals surface area contributed by atoms with Crippen molar-refractivity contribution >= 4 is 34.5 Å². The topological polar surface area (TPSA) is 68.2 Å². The minimum absolute atomic E-state index is 0.0421. The van der Waals surface area contributed by atoms with E-state index < -0.39 is 24.4 Å². The SMILES string of the molecule is CCCCCCCCCCCCCCCCC(=S)OC[C@H](O)[C@@H]1OC[C@@H](O)[C@@H]1OC(=S)CCCCCCCCCCCCCCCC. The Hall–Kier alpha value is -0.340. The molecule has 0 aromatic rings. The first-order valence-electron chi connectivity index (χ1n) is 20.3. The zero-order chi connectivity index (χ0) is 34.2. The molecule has 278 valence electrons. The molecule has 0 radical (unpaired) electrons. The summed E-state index contributed by atoms with van der Waals surface area (Å²) in [7, 11) is 0. The average Bonchev–Trinajstić information content (AvgIpc) is 3.43. The van der Waals surface area contributed by atoms with Crippen molar-refractivity contribution in [1.82, 2.24) is 0 Å². The zero-order valence-electron chi connectivity index (χ0n) is 30.9. The summed E-state index contributed by atoms with van der Waals surface area (Å²) < 4.78 is 17.3. The first kappa shape index (κ1) is 44.7. The lowest BCUT2D eigenvalue weighted by atomic mass is 10.0. The Labute approximate surface area is 302 Å². The molecule has 47 heavy (non-hydrogen) atoms. The first-order valence-corrected chi connectivity index (χ1v) is 21.1. The number of hydrogen-bond donors (Lipinski definition) is 2. The molecule has 1 saturated heterocycles. The summed E-state index contributed by atoms with van der Waals surface area (Å²) in [6, 6.07) is 0. The molecule has 5 nitrogen and oxygen atoms in total. The summed E-state index contributed by atoms with van der Waals surface area (Å²) in [6.45, 7) is 4.71. The molecule has 7 heteroatoms. The van der Waals surface area contributed by atoms with Crippen LogP contribution in [0.4, 0.5) is 0 Å². The number of aliphatic hydroxyl groups is 2. The summed E-state index contributed by atoms with van der Waals surface area (Å²) >= 11 is 10.9. The maximum absolute atomic E-state index is 10.8. The van der Waals surface area contributed by atoms with E-state index in [0.717, 1.165) is 32.1 Å².